The van der Waals surface area contributed by atoms with Crippen LogP contribution < -0.4 is 11.1 Å². The fourth-order valence-electron chi connectivity index (χ4n) is 2.32. The quantitative estimate of drug-likeness (QED) is 0.837. The first-order valence-electron chi connectivity index (χ1n) is 6.27. The maximum atomic E-state index is 8.70. The first kappa shape index (κ1) is 11.9. The second kappa shape index (κ2) is 5.70. The Kier molecular flexibility index (Phi) is 4.00. The molecule has 90 valence electrons. The highest BCUT2D eigenvalue weighted by molar-refractivity contribution is 5.47. The molecule has 1 fully saturated rings. The van der Waals surface area contributed by atoms with E-state index in [0.29, 0.717) is 11.6 Å². The van der Waals surface area contributed by atoms with E-state index < -0.39 is 0 Å². The van der Waals surface area contributed by atoms with Gasteiger partial charge in [-0.15, -0.1) is 0 Å². The summed E-state index contributed by atoms with van der Waals surface area (Å²) in [6.07, 6.45) is 4.76. The molecule has 0 bridgehead atoms. The summed E-state index contributed by atoms with van der Waals surface area (Å²) in [6, 6.07) is 10.2. The van der Waals surface area contributed by atoms with Gasteiger partial charge >= 0.3 is 0 Å². The molecular weight excluding hydrogens is 210 g/mol. The van der Waals surface area contributed by atoms with Crippen LogP contribution >= 0.6 is 0 Å². The highest BCUT2D eigenvalue weighted by Gasteiger charge is 2.17. The highest BCUT2D eigenvalue weighted by Crippen LogP contribution is 2.23. The van der Waals surface area contributed by atoms with Crippen molar-refractivity contribution in [3.63, 3.8) is 0 Å². The van der Waals surface area contributed by atoms with Gasteiger partial charge in [-0.05, 0) is 55.9 Å². The van der Waals surface area contributed by atoms with Crippen LogP contribution in [0.15, 0.2) is 24.3 Å². The molecule has 2 rings (SSSR count). The Morgan fingerprint density at radius 1 is 1.18 bits per heavy atom. The first-order valence-corrected chi connectivity index (χ1v) is 6.27. The Morgan fingerprint density at radius 2 is 1.82 bits per heavy atom. The van der Waals surface area contributed by atoms with Crippen molar-refractivity contribution in [3.8, 4) is 6.07 Å². The Hall–Kier alpha value is -1.53. The normalized spacial score (nSPS) is 24.0. The van der Waals surface area contributed by atoms with Crippen molar-refractivity contribution >= 4 is 5.69 Å². The summed E-state index contributed by atoms with van der Waals surface area (Å²) in [4.78, 5) is 0. The van der Waals surface area contributed by atoms with Gasteiger partial charge in [-0.25, -0.2) is 0 Å². The van der Waals surface area contributed by atoms with Gasteiger partial charge in [0.15, 0.2) is 0 Å². The maximum absolute atomic E-state index is 8.70. The summed E-state index contributed by atoms with van der Waals surface area (Å²) < 4.78 is 0. The number of nitrogens with two attached hydrogens (primary N) is 1. The number of nitrogens with one attached hydrogen (secondary N) is 1. The molecule has 1 aromatic carbocycles. The van der Waals surface area contributed by atoms with Gasteiger partial charge in [-0.3, -0.25) is 0 Å². The largest absolute Gasteiger partial charge is 0.385 e. The van der Waals surface area contributed by atoms with Gasteiger partial charge in [-0.1, -0.05) is 0 Å². The first-order chi connectivity index (χ1) is 8.28. The number of hydrogen-bond donors (Lipinski definition) is 2. The smallest absolute Gasteiger partial charge is 0.0991 e. The second-order valence-electron chi connectivity index (χ2n) is 4.85. The minimum atomic E-state index is 0.418. The van der Waals surface area contributed by atoms with Gasteiger partial charge in [0.05, 0.1) is 11.6 Å². The van der Waals surface area contributed by atoms with E-state index in [1.54, 1.807) is 0 Å². The number of nitrogens with zero attached hydrogens (tertiary/aromatic N) is 1. The van der Waals surface area contributed by atoms with Crippen molar-refractivity contribution in [2.24, 2.45) is 11.7 Å². The zero-order chi connectivity index (χ0) is 12.1. The topological polar surface area (TPSA) is 61.8 Å². The van der Waals surface area contributed by atoms with Crippen LogP contribution in [0.4, 0.5) is 5.69 Å². The summed E-state index contributed by atoms with van der Waals surface area (Å²) in [6.45, 7) is 1.01. The summed E-state index contributed by atoms with van der Waals surface area (Å²) in [5.41, 5.74) is 7.69. The molecule has 3 nitrogen and oxygen atoms in total. The number of nitriles is 1. The van der Waals surface area contributed by atoms with Gasteiger partial charge in [-0.2, -0.15) is 5.26 Å². The maximum Gasteiger partial charge on any atom is 0.0991 e. The predicted molar refractivity (Wildman–Crippen MR) is 69.6 cm³/mol. The number of hydrogen-bond acceptors (Lipinski definition) is 3. The van der Waals surface area contributed by atoms with E-state index in [2.05, 4.69) is 11.4 Å². The molecule has 0 spiro atoms. The van der Waals surface area contributed by atoms with E-state index >= 15 is 0 Å². The lowest BCUT2D eigenvalue weighted by atomic mass is 9.86. The van der Waals surface area contributed by atoms with Crippen molar-refractivity contribution in [3.05, 3.63) is 29.8 Å². The van der Waals surface area contributed by atoms with Gasteiger partial charge in [0, 0.05) is 18.3 Å². The molecule has 0 heterocycles. The van der Waals surface area contributed by atoms with Crippen LogP contribution in [0.5, 0.6) is 0 Å². The third-order valence-electron chi connectivity index (χ3n) is 3.50. The van der Waals surface area contributed by atoms with Crippen LogP contribution in [0.3, 0.4) is 0 Å². The standard InChI is InChI=1S/C14H19N3/c15-9-11-3-7-14(8-4-11)17-10-12-1-5-13(16)6-2-12/h3-4,7-8,12-13,17H,1-2,5-6,10,16H2/t12-,13-. The molecule has 1 saturated carbocycles. The van der Waals surface area contributed by atoms with Gasteiger partial charge in [0.2, 0.25) is 0 Å². The average Bonchev–Trinajstić information content (AvgIpc) is 2.39. The fourth-order valence-corrected chi connectivity index (χ4v) is 2.32. The molecule has 3 N–H and O–H groups in total. The SMILES string of the molecule is N#Cc1ccc(NC[C@H]2CC[C@H](N)CC2)cc1. The Morgan fingerprint density at radius 3 is 2.41 bits per heavy atom. The molecule has 0 unspecified atom stereocenters. The minimum Gasteiger partial charge on any atom is -0.385 e. The van der Waals surface area contributed by atoms with Crippen molar-refractivity contribution in [1.82, 2.24) is 0 Å². The Balaban J connectivity index is 1.79. The van der Waals surface area contributed by atoms with E-state index in [-0.39, 0.29) is 0 Å². The highest BCUT2D eigenvalue weighted by atomic mass is 14.9. The summed E-state index contributed by atoms with van der Waals surface area (Å²) >= 11 is 0. The molecule has 17 heavy (non-hydrogen) atoms. The van der Waals surface area contributed by atoms with Crippen LogP contribution in [0, 0.1) is 17.2 Å². The number of rotatable bonds is 3. The lowest BCUT2D eigenvalue weighted by Gasteiger charge is -2.26. The zero-order valence-electron chi connectivity index (χ0n) is 10.0. The molecule has 0 saturated heterocycles. The summed E-state index contributed by atoms with van der Waals surface area (Å²) in [5.74, 6) is 0.741. The van der Waals surface area contributed by atoms with Gasteiger partial charge in [0.1, 0.15) is 0 Å². The van der Waals surface area contributed by atoms with Crippen molar-refractivity contribution in [2.45, 2.75) is 31.7 Å². The van der Waals surface area contributed by atoms with E-state index in [0.717, 1.165) is 31.0 Å². The molecule has 0 amide bonds. The number of benzene rings is 1. The van der Waals surface area contributed by atoms with Gasteiger partial charge in [0.25, 0.3) is 0 Å². The lowest BCUT2D eigenvalue weighted by molar-refractivity contribution is 0.339. The van der Waals surface area contributed by atoms with E-state index in [4.69, 9.17) is 11.0 Å². The number of anilines is 1. The molecule has 0 aliphatic heterocycles. The molecule has 0 radical (unpaired) electrons. The third-order valence-corrected chi connectivity index (χ3v) is 3.50. The average molecular weight is 229 g/mol. The Labute approximate surface area is 103 Å². The van der Waals surface area contributed by atoms with Crippen LogP contribution in [0.2, 0.25) is 0 Å². The van der Waals surface area contributed by atoms with E-state index in [9.17, 15) is 0 Å². The van der Waals surface area contributed by atoms with Crippen LogP contribution in [0.1, 0.15) is 31.2 Å². The van der Waals surface area contributed by atoms with Crippen molar-refractivity contribution < 1.29 is 0 Å². The monoisotopic (exact) mass is 229 g/mol. The lowest BCUT2D eigenvalue weighted by Crippen LogP contribution is -2.29. The van der Waals surface area contributed by atoms with Crippen molar-refractivity contribution in [2.75, 3.05) is 11.9 Å². The molecule has 1 aromatic rings. The second-order valence-corrected chi connectivity index (χ2v) is 4.85. The van der Waals surface area contributed by atoms with E-state index in [1.807, 2.05) is 24.3 Å². The molecule has 3 heteroatoms. The molecule has 1 aliphatic carbocycles. The molecular formula is C14H19N3. The molecule has 0 aromatic heterocycles. The molecule has 1 aliphatic rings. The third kappa shape index (κ3) is 3.47. The van der Waals surface area contributed by atoms with Crippen LogP contribution in [-0.2, 0) is 0 Å². The fraction of sp³-hybridized carbons (Fsp3) is 0.500. The summed E-state index contributed by atoms with van der Waals surface area (Å²) in [5, 5.41) is 12.1. The summed E-state index contributed by atoms with van der Waals surface area (Å²) in [7, 11) is 0. The van der Waals surface area contributed by atoms with Gasteiger partial charge < -0.3 is 11.1 Å². The van der Waals surface area contributed by atoms with Crippen LogP contribution in [0.25, 0.3) is 0 Å². The van der Waals surface area contributed by atoms with Crippen LogP contribution in [-0.4, -0.2) is 12.6 Å². The zero-order valence-corrected chi connectivity index (χ0v) is 10.0. The van der Waals surface area contributed by atoms with E-state index in [1.165, 1.54) is 12.8 Å². The predicted octanol–water partition coefficient (Wildman–Crippen LogP) is 2.49. The van der Waals surface area contributed by atoms with Crippen molar-refractivity contribution in [1.29, 1.82) is 5.26 Å². The molecule has 0 atom stereocenters. The Bertz CT molecular complexity index is 383. The minimum absolute atomic E-state index is 0.418.